The highest BCUT2D eigenvalue weighted by atomic mass is 79.9. The van der Waals surface area contributed by atoms with Gasteiger partial charge in [-0.2, -0.15) is 8.78 Å². The van der Waals surface area contributed by atoms with Crippen LogP contribution in [0.5, 0.6) is 0 Å². The van der Waals surface area contributed by atoms with Gasteiger partial charge in [0.1, 0.15) is 0 Å². The van der Waals surface area contributed by atoms with Gasteiger partial charge in [0, 0.05) is 0 Å². The summed E-state index contributed by atoms with van der Waals surface area (Å²) in [6, 6.07) is 0. The van der Waals surface area contributed by atoms with Crippen molar-refractivity contribution in [3.63, 3.8) is 0 Å². The fourth-order valence-corrected chi connectivity index (χ4v) is 0.373. The third-order valence-corrected chi connectivity index (χ3v) is 0.677. The highest BCUT2D eigenvalue weighted by Crippen LogP contribution is 2.22. The van der Waals surface area contributed by atoms with Crippen LogP contribution in [-0.2, 0) is 0 Å². The Morgan fingerprint density at radius 1 is 1.62 bits per heavy atom. The second-order valence-corrected chi connectivity index (χ2v) is 2.18. The molecule has 0 amide bonds. The van der Waals surface area contributed by atoms with E-state index in [2.05, 4.69) is 0 Å². The molecule has 0 aromatic carbocycles. The summed E-state index contributed by atoms with van der Waals surface area (Å²) < 4.78 is 23.3. The van der Waals surface area contributed by atoms with Crippen LogP contribution >= 0.6 is 15.9 Å². The van der Waals surface area contributed by atoms with Crippen LogP contribution in [-0.4, -0.2) is 16.5 Å². The van der Waals surface area contributed by atoms with Crippen LogP contribution in [0.3, 0.4) is 0 Å². The van der Waals surface area contributed by atoms with Crippen molar-refractivity contribution < 1.29 is 13.9 Å². The predicted octanol–water partition coefficient (Wildman–Crippen LogP) is 1.52. The lowest BCUT2D eigenvalue weighted by atomic mass is 10.5. The van der Waals surface area contributed by atoms with E-state index in [1.807, 2.05) is 15.9 Å². The zero-order valence-electron chi connectivity index (χ0n) is 3.94. The molecule has 48 valence electrons. The molecule has 0 aromatic heterocycles. The van der Waals surface area contributed by atoms with Gasteiger partial charge in [-0.1, -0.05) is 6.08 Å². The van der Waals surface area contributed by atoms with Crippen molar-refractivity contribution in [2.24, 2.45) is 0 Å². The van der Waals surface area contributed by atoms with Gasteiger partial charge < -0.3 is 5.11 Å². The maximum Gasteiger partial charge on any atom is 0.320 e. The molecular weight excluding hydrogens is 182 g/mol. The molecule has 0 aliphatic rings. The number of alkyl halides is 3. The van der Waals surface area contributed by atoms with Crippen LogP contribution in [0.1, 0.15) is 0 Å². The minimum atomic E-state index is -2.98. The highest BCUT2D eigenvalue weighted by Gasteiger charge is 2.17. The Morgan fingerprint density at radius 2 is 2.12 bits per heavy atom. The van der Waals surface area contributed by atoms with E-state index in [0.29, 0.717) is 6.08 Å². The molecule has 0 radical (unpaired) electrons. The van der Waals surface area contributed by atoms with Gasteiger partial charge in [-0.15, -0.1) is 0 Å². The molecule has 0 fully saturated rings. The van der Waals surface area contributed by atoms with Crippen molar-refractivity contribution in [2.75, 3.05) is 6.61 Å². The monoisotopic (exact) mass is 186 g/mol. The molecule has 0 heterocycles. The molecular formula is C4H5BrF2O. The van der Waals surface area contributed by atoms with E-state index >= 15 is 0 Å². The number of allylic oxidation sites excluding steroid dienone is 1. The topological polar surface area (TPSA) is 20.2 Å². The standard InChI is InChI=1S/C4H5BrF2O/c5-4(6,7)2-1-3-8/h1-2,8H,3H2/b2-1+. The van der Waals surface area contributed by atoms with Gasteiger partial charge >= 0.3 is 4.83 Å². The first-order valence-corrected chi connectivity index (χ1v) is 2.71. The fraction of sp³-hybridized carbons (Fsp3) is 0.500. The van der Waals surface area contributed by atoms with E-state index in [0.717, 1.165) is 6.08 Å². The molecule has 0 atom stereocenters. The van der Waals surface area contributed by atoms with Gasteiger partial charge in [-0.05, 0) is 22.0 Å². The van der Waals surface area contributed by atoms with Crippen LogP contribution in [0.15, 0.2) is 12.2 Å². The first-order valence-electron chi connectivity index (χ1n) is 1.91. The number of rotatable bonds is 2. The fourth-order valence-electron chi connectivity index (χ4n) is 0.186. The molecule has 0 unspecified atom stereocenters. The summed E-state index contributed by atoms with van der Waals surface area (Å²) in [4.78, 5) is -2.98. The van der Waals surface area contributed by atoms with Gasteiger partial charge in [-0.25, -0.2) is 0 Å². The number of hydrogen-bond donors (Lipinski definition) is 1. The van der Waals surface area contributed by atoms with Crippen molar-refractivity contribution in [1.29, 1.82) is 0 Å². The Hall–Kier alpha value is 0.0400. The van der Waals surface area contributed by atoms with Crippen LogP contribution in [0.4, 0.5) is 8.78 Å². The molecule has 0 bridgehead atoms. The van der Waals surface area contributed by atoms with Crippen LogP contribution in [0.25, 0.3) is 0 Å². The first kappa shape index (κ1) is 8.04. The number of aliphatic hydroxyl groups excluding tert-OH is 1. The molecule has 1 N–H and O–H groups in total. The zero-order chi connectivity index (χ0) is 6.62. The number of hydrogen-bond acceptors (Lipinski definition) is 1. The zero-order valence-corrected chi connectivity index (χ0v) is 5.53. The minimum absolute atomic E-state index is 0.360. The lowest BCUT2D eigenvalue weighted by Gasteiger charge is -1.96. The molecule has 0 aliphatic heterocycles. The Bertz CT molecular complexity index is 86.5. The van der Waals surface area contributed by atoms with Gasteiger partial charge in [0.2, 0.25) is 0 Å². The van der Waals surface area contributed by atoms with Crippen LogP contribution < -0.4 is 0 Å². The SMILES string of the molecule is OC/C=C/C(F)(F)Br. The van der Waals surface area contributed by atoms with Crippen molar-refractivity contribution in [3.8, 4) is 0 Å². The van der Waals surface area contributed by atoms with E-state index in [4.69, 9.17) is 5.11 Å². The molecule has 0 aliphatic carbocycles. The molecule has 0 saturated carbocycles. The minimum Gasteiger partial charge on any atom is -0.392 e. The van der Waals surface area contributed by atoms with E-state index in [1.165, 1.54) is 0 Å². The van der Waals surface area contributed by atoms with E-state index in [9.17, 15) is 8.78 Å². The highest BCUT2D eigenvalue weighted by molar-refractivity contribution is 9.10. The van der Waals surface area contributed by atoms with Crippen molar-refractivity contribution in [1.82, 2.24) is 0 Å². The Balaban J connectivity index is 3.52. The number of halogens is 3. The largest absolute Gasteiger partial charge is 0.392 e. The summed E-state index contributed by atoms with van der Waals surface area (Å²) in [5, 5.41) is 7.99. The van der Waals surface area contributed by atoms with E-state index in [-0.39, 0.29) is 6.61 Å². The molecule has 4 heteroatoms. The van der Waals surface area contributed by atoms with Gasteiger partial charge in [0.05, 0.1) is 6.61 Å². The third-order valence-electron chi connectivity index (χ3n) is 0.412. The Morgan fingerprint density at radius 3 is 2.25 bits per heavy atom. The van der Waals surface area contributed by atoms with Crippen LogP contribution in [0.2, 0.25) is 0 Å². The summed E-state index contributed by atoms with van der Waals surface area (Å²) in [5.74, 6) is 0. The van der Waals surface area contributed by atoms with Crippen molar-refractivity contribution in [3.05, 3.63) is 12.2 Å². The summed E-state index contributed by atoms with van der Waals surface area (Å²) in [7, 11) is 0. The summed E-state index contributed by atoms with van der Waals surface area (Å²) in [6.07, 6.45) is 1.54. The van der Waals surface area contributed by atoms with Crippen molar-refractivity contribution in [2.45, 2.75) is 4.83 Å². The maximum absolute atomic E-state index is 11.6. The maximum atomic E-state index is 11.6. The quantitative estimate of drug-likeness (QED) is 0.513. The smallest absolute Gasteiger partial charge is 0.320 e. The summed E-state index contributed by atoms with van der Waals surface area (Å²) in [6.45, 7) is -0.360. The molecule has 0 aromatic rings. The second kappa shape index (κ2) is 3.14. The van der Waals surface area contributed by atoms with Crippen LogP contribution in [0, 0.1) is 0 Å². The second-order valence-electron chi connectivity index (χ2n) is 1.13. The predicted molar refractivity (Wildman–Crippen MR) is 30.1 cm³/mol. The lowest BCUT2D eigenvalue weighted by molar-refractivity contribution is 0.170. The molecule has 0 spiro atoms. The average Bonchev–Trinajstić information content (AvgIpc) is 1.59. The molecule has 1 nitrogen and oxygen atoms in total. The summed E-state index contributed by atoms with van der Waals surface area (Å²) in [5.41, 5.74) is 0. The lowest BCUT2D eigenvalue weighted by Crippen LogP contribution is -1.97. The molecule has 8 heavy (non-hydrogen) atoms. The first-order chi connectivity index (χ1) is 3.56. The van der Waals surface area contributed by atoms with E-state index in [1.54, 1.807) is 0 Å². The van der Waals surface area contributed by atoms with Gasteiger partial charge in [-0.3, -0.25) is 0 Å². The van der Waals surface area contributed by atoms with Crippen molar-refractivity contribution >= 4 is 15.9 Å². The normalized spacial score (nSPS) is 13.0. The Labute approximate surface area is 54.1 Å². The van der Waals surface area contributed by atoms with Gasteiger partial charge in [0.15, 0.2) is 0 Å². The summed E-state index contributed by atoms with van der Waals surface area (Å²) >= 11 is 2.05. The average molecular weight is 187 g/mol. The molecule has 0 rings (SSSR count). The Kier molecular flexibility index (Phi) is 3.16. The van der Waals surface area contributed by atoms with Gasteiger partial charge in [0.25, 0.3) is 0 Å². The third kappa shape index (κ3) is 6.04. The van der Waals surface area contributed by atoms with E-state index < -0.39 is 4.83 Å². The number of aliphatic hydroxyl groups is 1. The molecule has 0 saturated heterocycles.